The van der Waals surface area contributed by atoms with Crippen LogP contribution in [0.5, 0.6) is 11.5 Å². The molecule has 1 aliphatic carbocycles. The summed E-state index contributed by atoms with van der Waals surface area (Å²) < 4.78 is 35.9. The Kier molecular flexibility index (Phi) is 14.3. The highest BCUT2D eigenvalue weighted by atomic mass is 32.2. The molecule has 4 N–H and O–H groups in total. The Bertz CT molecular complexity index is 2020. The molecule has 0 unspecified atom stereocenters. The molecule has 1 saturated carbocycles. The van der Waals surface area contributed by atoms with Crippen LogP contribution in [0.15, 0.2) is 77.7 Å². The fourth-order valence-electron chi connectivity index (χ4n) is 6.63. The van der Waals surface area contributed by atoms with Gasteiger partial charge in [-0.1, -0.05) is 44.2 Å². The van der Waals surface area contributed by atoms with Crippen LogP contribution in [0, 0.1) is 11.8 Å². The summed E-state index contributed by atoms with van der Waals surface area (Å²) in [6.45, 7) is 5.98. The van der Waals surface area contributed by atoms with E-state index in [1.807, 2.05) is 13.8 Å². The maximum absolute atomic E-state index is 14.3. The average molecular weight is 804 g/mol. The molecule has 15 heteroatoms. The summed E-state index contributed by atoms with van der Waals surface area (Å²) in [4.78, 5) is 70.8. The lowest BCUT2D eigenvalue weighted by atomic mass is 10.0. The molecule has 0 saturated heterocycles. The van der Waals surface area contributed by atoms with Gasteiger partial charge in [-0.05, 0) is 91.6 Å². The first-order valence-electron chi connectivity index (χ1n) is 19.2. The van der Waals surface area contributed by atoms with Gasteiger partial charge in [0.2, 0.25) is 23.6 Å². The number of carbonyl (C=O) groups excluding carboxylic acids is 5. The number of methoxy groups -OCH3 is 1. The number of carbonyl (C=O) groups is 5. The molecule has 0 aromatic heterocycles. The summed E-state index contributed by atoms with van der Waals surface area (Å²) >= 11 is 0. The first-order chi connectivity index (χ1) is 27.1. The van der Waals surface area contributed by atoms with Crippen molar-refractivity contribution in [1.82, 2.24) is 26.2 Å². The van der Waals surface area contributed by atoms with Gasteiger partial charge in [-0.2, -0.15) is 0 Å². The number of benzene rings is 3. The largest absolute Gasteiger partial charge is 0.497 e. The maximum Gasteiger partial charge on any atom is 0.251 e. The van der Waals surface area contributed by atoms with Crippen molar-refractivity contribution in [2.75, 3.05) is 33.1 Å². The van der Waals surface area contributed by atoms with Crippen molar-refractivity contribution in [3.63, 3.8) is 0 Å². The summed E-state index contributed by atoms with van der Waals surface area (Å²) in [6, 6.07) is 15.6. The van der Waals surface area contributed by atoms with Crippen LogP contribution in [0.1, 0.15) is 61.5 Å². The molecule has 3 aliphatic rings. The topological polar surface area (TPSA) is 189 Å². The van der Waals surface area contributed by atoms with E-state index < -0.39 is 51.6 Å². The van der Waals surface area contributed by atoms with Gasteiger partial charge in [0.05, 0.1) is 24.6 Å². The van der Waals surface area contributed by atoms with Crippen LogP contribution in [0.25, 0.3) is 0 Å². The molecule has 14 nitrogen and oxygen atoms in total. The van der Waals surface area contributed by atoms with Crippen molar-refractivity contribution < 1.29 is 41.9 Å². The lowest BCUT2D eigenvalue weighted by Crippen LogP contribution is -2.58. The van der Waals surface area contributed by atoms with Gasteiger partial charge in [-0.25, -0.2) is 8.42 Å². The lowest BCUT2D eigenvalue weighted by molar-refractivity contribution is -0.140. The van der Waals surface area contributed by atoms with Crippen molar-refractivity contribution in [3.05, 3.63) is 89.5 Å². The normalized spacial score (nSPS) is 21.5. The Labute approximate surface area is 334 Å². The quantitative estimate of drug-likeness (QED) is 0.224. The van der Waals surface area contributed by atoms with Crippen LogP contribution in [0.2, 0.25) is 0 Å². The third-order valence-electron chi connectivity index (χ3n) is 9.86. The number of rotatable bonds is 10. The lowest BCUT2D eigenvalue weighted by Gasteiger charge is -2.29. The Balaban J connectivity index is 1.50. The van der Waals surface area contributed by atoms with Gasteiger partial charge in [0.1, 0.15) is 36.2 Å². The maximum atomic E-state index is 14.3. The molecular weight excluding hydrogens is 751 g/mol. The van der Waals surface area contributed by atoms with Crippen molar-refractivity contribution in [1.29, 1.82) is 0 Å². The SMILES string of the molecule is COc1ccc(C[C@@H]2NC(=O)[C@@H](NC(=O)c3cccc(S(C)(=O)=O)c3)Cc3ccc(cc3)OC[C@H](CC(C)C)NC(=O)CN(CC3CC3)C(=O)[C@@H](C)NC2=O)cc1. The fourth-order valence-corrected chi connectivity index (χ4v) is 7.30. The Morgan fingerprint density at radius 1 is 0.947 bits per heavy atom. The number of nitrogens with one attached hydrogen (secondary N) is 4. The molecule has 2 heterocycles. The van der Waals surface area contributed by atoms with Gasteiger partial charge in [-0.15, -0.1) is 0 Å². The van der Waals surface area contributed by atoms with E-state index in [0.29, 0.717) is 35.6 Å². The third-order valence-corrected chi connectivity index (χ3v) is 11.0. The first kappa shape index (κ1) is 42.7. The van der Waals surface area contributed by atoms with Crippen LogP contribution in [-0.4, -0.2) is 100 Å². The van der Waals surface area contributed by atoms with E-state index in [9.17, 15) is 32.4 Å². The molecule has 1 fully saturated rings. The van der Waals surface area contributed by atoms with Crippen LogP contribution in [-0.2, 0) is 41.9 Å². The van der Waals surface area contributed by atoms with E-state index >= 15 is 0 Å². The Morgan fingerprint density at radius 3 is 2.28 bits per heavy atom. The van der Waals surface area contributed by atoms with E-state index in [1.165, 1.54) is 36.3 Å². The van der Waals surface area contributed by atoms with Crippen LogP contribution in [0.4, 0.5) is 0 Å². The van der Waals surface area contributed by atoms with Crippen LogP contribution < -0.4 is 30.7 Å². The minimum Gasteiger partial charge on any atom is -0.497 e. The van der Waals surface area contributed by atoms with Crippen molar-refractivity contribution in [3.8, 4) is 11.5 Å². The third kappa shape index (κ3) is 12.8. The summed E-state index contributed by atoms with van der Waals surface area (Å²) in [5.41, 5.74) is 1.36. The number of fused-ring (bicyclic) bond motifs is 17. The van der Waals surface area contributed by atoms with Gasteiger partial charge in [0.25, 0.3) is 5.91 Å². The van der Waals surface area contributed by atoms with Crippen LogP contribution >= 0.6 is 0 Å². The molecule has 0 radical (unpaired) electrons. The number of sulfone groups is 1. The molecule has 306 valence electrons. The van der Waals surface area contributed by atoms with E-state index in [2.05, 4.69) is 21.3 Å². The number of hydrogen-bond donors (Lipinski definition) is 4. The highest BCUT2D eigenvalue weighted by molar-refractivity contribution is 7.90. The minimum absolute atomic E-state index is 0.00244. The van der Waals surface area contributed by atoms with Crippen molar-refractivity contribution in [2.24, 2.45) is 11.8 Å². The van der Waals surface area contributed by atoms with E-state index in [4.69, 9.17) is 9.47 Å². The fraction of sp³-hybridized carbons (Fsp3) is 0.452. The predicted molar refractivity (Wildman–Crippen MR) is 213 cm³/mol. The molecule has 2 bridgehead atoms. The Hall–Kier alpha value is -5.44. The van der Waals surface area contributed by atoms with Gasteiger partial charge in [0, 0.05) is 31.2 Å². The van der Waals surface area contributed by atoms with Gasteiger partial charge < -0.3 is 35.6 Å². The number of nitrogens with zero attached hydrogens (tertiary/aromatic N) is 1. The molecule has 4 atom stereocenters. The van der Waals surface area contributed by atoms with Crippen molar-refractivity contribution >= 4 is 39.4 Å². The molecule has 5 amide bonds. The molecule has 6 rings (SSSR count). The highest BCUT2D eigenvalue weighted by Gasteiger charge is 2.34. The Morgan fingerprint density at radius 2 is 1.65 bits per heavy atom. The van der Waals surface area contributed by atoms with E-state index in [0.717, 1.165) is 19.1 Å². The van der Waals surface area contributed by atoms with Crippen molar-refractivity contribution in [2.45, 2.75) is 81.9 Å². The standard InChI is InChI=1S/C42H53N5O9S/c1-26(2)19-32-25-56-34-17-13-29(14-18-34)21-37(45-39(49)31-7-6-8-35(22-31)57(5,53)54)41(51)46-36(20-28-11-15-33(55-4)16-12-28)40(50)43-27(3)42(52)47(23-30-9-10-30)24-38(48)44-32/h6-8,11-18,22,26-27,30,32,36-37H,9-10,19-21,23-25H2,1-5H3,(H,43,50)(H,44,48)(H,45,49)(H,46,51)/t27-,32+,36+,37+/m1/s1. The smallest absolute Gasteiger partial charge is 0.251 e. The van der Waals surface area contributed by atoms with Gasteiger partial charge >= 0.3 is 0 Å². The number of hydrogen-bond acceptors (Lipinski definition) is 9. The predicted octanol–water partition coefficient (Wildman–Crippen LogP) is 2.83. The van der Waals surface area contributed by atoms with Gasteiger partial charge in [-0.3, -0.25) is 24.0 Å². The first-order valence-corrected chi connectivity index (χ1v) is 21.1. The molecule has 3 aromatic rings. The second-order valence-electron chi connectivity index (χ2n) is 15.4. The summed E-state index contributed by atoms with van der Waals surface area (Å²) in [5.74, 6) is -1.18. The molecule has 57 heavy (non-hydrogen) atoms. The number of ether oxygens (including phenoxy) is 2. The van der Waals surface area contributed by atoms with Gasteiger partial charge in [0.15, 0.2) is 9.84 Å². The minimum atomic E-state index is -3.63. The molecule has 3 aromatic carbocycles. The highest BCUT2D eigenvalue weighted by Crippen LogP contribution is 2.30. The van der Waals surface area contributed by atoms with Crippen LogP contribution in [0.3, 0.4) is 0 Å². The summed E-state index contributed by atoms with van der Waals surface area (Å²) in [6.07, 6.45) is 3.56. The molecule has 2 aliphatic heterocycles. The van der Waals surface area contributed by atoms with E-state index in [-0.39, 0.29) is 60.2 Å². The second kappa shape index (κ2) is 19.1. The average Bonchev–Trinajstić information content (AvgIpc) is 4.00. The molecule has 0 spiro atoms. The zero-order valence-electron chi connectivity index (χ0n) is 33.1. The summed E-state index contributed by atoms with van der Waals surface area (Å²) in [7, 11) is -2.10. The van der Waals surface area contributed by atoms with E-state index in [1.54, 1.807) is 55.5 Å². The zero-order valence-corrected chi connectivity index (χ0v) is 33.9. The molecular formula is C42H53N5O9S. The zero-order chi connectivity index (χ0) is 41.3. The monoisotopic (exact) mass is 803 g/mol. The second-order valence-corrected chi connectivity index (χ2v) is 17.4. The summed E-state index contributed by atoms with van der Waals surface area (Å²) in [5, 5.41) is 11.4. The number of amides is 5.